The molecule has 0 aromatic carbocycles. The van der Waals surface area contributed by atoms with Crippen molar-refractivity contribution >= 4 is 29.9 Å². The highest BCUT2D eigenvalue weighted by Gasteiger charge is 2.14. The van der Waals surface area contributed by atoms with Gasteiger partial charge in [0.2, 0.25) is 0 Å². The highest BCUT2D eigenvalue weighted by molar-refractivity contribution is 14.0. The molecule has 1 saturated heterocycles. The first-order valence-corrected chi connectivity index (χ1v) is 6.50. The highest BCUT2D eigenvalue weighted by Crippen LogP contribution is 2.14. The quantitative estimate of drug-likeness (QED) is 0.436. The maximum Gasteiger partial charge on any atom is 0.191 e. The van der Waals surface area contributed by atoms with Crippen molar-refractivity contribution in [3.63, 3.8) is 0 Å². The van der Waals surface area contributed by atoms with Crippen LogP contribution in [0.25, 0.3) is 0 Å². The Labute approximate surface area is 122 Å². The van der Waals surface area contributed by atoms with Crippen molar-refractivity contribution < 1.29 is 4.74 Å². The third-order valence-electron chi connectivity index (χ3n) is 2.62. The van der Waals surface area contributed by atoms with E-state index in [0.29, 0.717) is 6.10 Å². The highest BCUT2D eigenvalue weighted by atomic mass is 127. The Morgan fingerprint density at radius 1 is 1.35 bits per heavy atom. The van der Waals surface area contributed by atoms with Gasteiger partial charge in [0.25, 0.3) is 0 Å². The van der Waals surface area contributed by atoms with Crippen LogP contribution in [0.1, 0.15) is 39.5 Å². The van der Waals surface area contributed by atoms with Crippen LogP contribution < -0.4 is 10.6 Å². The zero-order chi connectivity index (χ0) is 11.6. The van der Waals surface area contributed by atoms with E-state index in [-0.39, 0.29) is 24.0 Å². The normalized spacial score (nSPS) is 19.9. The molecular weight excluding hydrogens is 329 g/mol. The predicted octanol–water partition coefficient (Wildman–Crippen LogP) is 2.14. The average Bonchev–Trinajstić information content (AvgIpc) is 2.79. The van der Waals surface area contributed by atoms with E-state index in [2.05, 4.69) is 29.5 Å². The first kappa shape index (κ1) is 17.0. The molecule has 0 bridgehead atoms. The number of nitrogens with one attached hydrogen (secondary N) is 2. The summed E-state index contributed by atoms with van der Waals surface area (Å²) in [5.74, 6) is 0.933. The number of ether oxygens (including phenoxy) is 1. The van der Waals surface area contributed by atoms with Crippen molar-refractivity contribution in [3.05, 3.63) is 0 Å². The summed E-state index contributed by atoms with van der Waals surface area (Å²) in [7, 11) is 0. The Morgan fingerprint density at radius 2 is 2.18 bits per heavy atom. The molecule has 0 aromatic rings. The van der Waals surface area contributed by atoms with Crippen LogP contribution in [0.5, 0.6) is 0 Å². The maximum atomic E-state index is 5.58. The van der Waals surface area contributed by atoms with Crippen molar-refractivity contribution in [2.24, 2.45) is 4.99 Å². The monoisotopic (exact) mass is 355 g/mol. The molecule has 1 rings (SSSR count). The molecule has 0 spiro atoms. The number of nitrogens with zero attached hydrogens (tertiary/aromatic N) is 1. The van der Waals surface area contributed by atoms with Crippen LogP contribution in [0.4, 0.5) is 0 Å². The van der Waals surface area contributed by atoms with E-state index in [0.717, 1.165) is 45.0 Å². The van der Waals surface area contributed by atoms with Crippen LogP contribution in [-0.4, -0.2) is 38.3 Å². The fourth-order valence-electron chi connectivity index (χ4n) is 1.79. The standard InChI is InChI=1S/C12H25N3O.HI/c1-3-8-14-12(13-4-2)15-9-7-11-6-5-10-16-11;/h11H,3-10H2,1-2H3,(H2,13,14,15);1H. The van der Waals surface area contributed by atoms with E-state index in [1.165, 1.54) is 12.8 Å². The third kappa shape index (κ3) is 7.81. The van der Waals surface area contributed by atoms with E-state index in [4.69, 9.17) is 4.74 Å². The van der Waals surface area contributed by atoms with E-state index >= 15 is 0 Å². The Balaban J connectivity index is 0.00000256. The van der Waals surface area contributed by atoms with Crippen LogP contribution in [0.3, 0.4) is 0 Å². The third-order valence-corrected chi connectivity index (χ3v) is 2.62. The molecule has 1 aliphatic rings. The summed E-state index contributed by atoms with van der Waals surface area (Å²) < 4.78 is 5.58. The van der Waals surface area contributed by atoms with Gasteiger partial charge in [0, 0.05) is 26.2 Å². The second kappa shape index (κ2) is 11.1. The molecule has 1 heterocycles. The summed E-state index contributed by atoms with van der Waals surface area (Å²) in [6.45, 7) is 7.91. The molecule has 4 nitrogen and oxygen atoms in total. The Kier molecular flexibility index (Phi) is 11.0. The van der Waals surface area contributed by atoms with E-state index in [1.54, 1.807) is 0 Å². The number of aliphatic imine (C=N–C) groups is 1. The van der Waals surface area contributed by atoms with Crippen molar-refractivity contribution in [2.75, 3.05) is 26.2 Å². The number of halogens is 1. The molecule has 1 aliphatic heterocycles. The molecule has 17 heavy (non-hydrogen) atoms. The molecule has 5 heteroatoms. The zero-order valence-electron chi connectivity index (χ0n) is 11.0. The SMILES string of the molecule is CCCN=C(NCC)NCCC1CCCO1.I. The van der Waals surface area contributed by atoms with E-state index in [9.17, 15) is 0 Å². The Morgan fingerprint density at radius 3 is 2.76 bits per heavy atom. The largest absolute Gasteiger partial charge is 0.378 e. The van der Waals surface area contributed by atoms with Crippen LogP contribution >= 0.6 is 24.0 Å². The second-order valence-electron chi connectivity index (χ2n) is 4.11. The summed E-state index contributed by atoms with van der Waals surface area (Å²) in [5.41, 5.74) is 0. The Bertz CT molecular complexity index is 206. The molecular formula is C12H26IN3O. The van der Waals surface area contributed by atoms with Gasteiger partial charge in [-0.25, -0.2) is 0 Å². The van der Waals surface area contributed by atoms with Gasteiger partial charge in [-0.2, -0.15) is 0 Å². The lowest BCUT2D eigenvalue weighted by Gasteiger charge is -2.13. The smallest absolute Gasteiger partial charge is 0.191 e. The van der Waals surface area contributed by atoms with Crippen molar-refractivity contribution in [1.29, 1.82) is 0 Å². The summed E-state index contributed by atoms with van der Waals surface area (Å²) in [6.07, 6.45) is 5.05. The number of hydrogen-bond donors (Lipinski definition) is 2. The molecule has 1 atom stereocenters. The van der Waals surface area contributed by atoms with Crippen LogP contribution in [0.2, 0.25) is 0 Å². The van der Waals surface area contributed by atoms with Gasteiger partial charge in [-0.05, 0) is 32.6 Å². The first-order valence-electron chi connectivity index (χ1n) is 6.50. The predicted molar refractivity (Wildman–Crippen MR) is 83.3 cm³/mol. The minimum absolute atomic E-state index is 0. The molecule has 0 aliphatic carbocycles. The lowest BCUT2D eigenvalue weighted by Crippen LogP contribution is -2.38. The Hall–Kier alpha value is -0.0400. The van der Waals surface area contributed by atoms with E-state index < -0.39 is 0 Å². The molecule has 0 saturated carbocycles. The summed E-state index contributed by atoms with van der Waals surface area (Å²) in [6, 6.07) is 0. The lowest BCUT2D eigenvalue weighted by molar-refractivity contribution is 0.105. The molecule has 1 unspecified atom stereocenters. The summed E-state index contributed by atoms with van der Waals surface area (Å²) >= 11 is 0. The van der Waals surface area contributed by atoms with Crippen LogP contribution in [0, 0.1) is 0 Å². The summed E-state index contributed by atoms with van der Waals surface area (Å²) in [4.78, 5) is 4.45. The minimum Gasteiger partial charge on any atom is -0.378 e. The molecule has 102 valence electrons. The number of hydrogen-bond acceptors (Lipinski definition) is 2. The fraction of sp³-hybridized carbons (Fsp3) is 0.917. The second-order valence-corrected chi connectivity index (χ2v) is 4.11. The van der Waals surface area contributed by atoms with Gasteiger partial charge in [-0.3, -0.25) is 4.99 Å². The summed E-state index contributed by atoms with van der Waals surface area (Å²) in [5, 5.41) is 6.58. The maximum absolute atomic E-state index is 5.58. The molecule has 0 amide bonds. The van der Waals surface area contributed by atoms with Crippen molar-refractivity contribution in [1.82, 2.24) is 10.6 Å². The van der Waals surface area contributed by atoms with Gasteiger partial charge in [-0.1, -0.05) is 6.92 Å². The average molecular weight is 355 g/mol. The molecule has 0 radical (unpaired) electrons. The van der Waals surface area contributed by atoms with Crippen molar-refractivity contribution in [2.45, 2.75) is 45.6 Å². The topological polar surface area (TPSA) is 45.7 Å². The van der Waals surface area contributed by atoms with Gasteiger partial charge < -0.3 is 15.4 Å². The van der Waals surface area contributed by atoms with Gasteiger partial charge >= 0.3 is 0 Å². The van der Waals surface area contributed by atoms with Gasteiger partial charge in [0.15, 0.2) is 5.96 Å². The van der Waals surface area contributed by atoms with Gasteiger partial charge in [0.05, 0.1) is 6.10 Å². The number of rotatable bonds is 6. The first-order chi connectivity index (χ1) is 7.86. The van der Waals surface area contributed by atoms with Gasteiger partial charge in [-0.15, -0.1) is 24.0 Å². The molecule has 1 fully saturated rings. The van der Waals surface area contributed by atoms with Gasteiger partial charge in [0.1, 0.15) is 0 Å². The number of guanidine groups is 1. The van der Waals surface area contributed by atoms with Crippen LogP contribution in [0.15, 0.2) is 4.99 Å². The van der Waals surface area contributed by atoms with E-state index in [1.807, 2.05) is 0 Å². The minimum atomic E-state index is 0. The zero-order valence-corrected chi connectivity index (χ0v) is 13.3. The molecule has 0 aromatic heterocycles. The van der Waals surface area contributed by atoms with Crippen LogP contribution in [-0.2, 0) is 4.74 Å². The lowest BCUT2D eigenvalue weighted by atomic mass is 10.2. The van der Waals surface area contributed by atoms with Crippen molar-refractivity contribution in [3.8, 4) is 0 Å². The molecule has 2 N–H and O–H groups in total. The fourth-order valence-corrected chi connectivity index (χ4v) is 1.79.